The van der Waals surface area contributed by atoms with Gasteiger partial charge in [-0.2, -0.15) is 0 Å². The van der Waals surface area contributed by atoms with Crippen molar-refractivity contribution in [3.05, 3.63) is 11.9 Å². The molecule has 1 heterocycles. The number of hydrogen-bond donors (Lipinski definition) is 1. The Morgan fingerprint density at radius 3 is 2.69 bits per heavy atom. The van der Waals surface area contributed by atoms with E-state index in [0.29, 0.717) is 24.9 Å². The lowest BCUT2D eigenvalue weighted by atomic mass is 10.3. The molecule has 1 rings (SSSR count). The third kappa shape index (κ3) is 2.29. The second-order valence-corrected chi connectivity index (χ2v) is 2.45. The fourth-order valence-electron chi connectivity index (χ4n) is 0.926. The SMILES string of the molecule is COc1ncnc(OCCN)c1C. The van der Waals surface area contributed by atoms with Crippen molar-refractivity contribution in [2.45, 2.75) is 6.92 Å². The molecule has 0 aliphatic carbocycles. The molecule has 72 valence electrons. The van der Waals surface area contributed by atoms with Crippen LogP contribution in [0.15, 0.2) is 6.33 Å². The van der Waals surface area contributed by atoms with Crippen molar-refractivity contribution in [1.29, 1.82) is 0 Å². The lowest BCUT2D eigenvalue weighted by Crippen LogP contribution is -2.12. The molecule has 13 heavy (non-hydrogen) atoms. The highest BCUT2D eigenvalue weighted by Crippen LogP contribution is 2.21. The highest BCUT2D eigenvalue weighted by molar-refractivity contribution is 5.32. The molecule has 0 unspecified atom stereocenters. The third-order valence-corrected chi connectivity index (χ3v) is 1.54. The van der Waals surface area contributed by atoms with Gasteiger partial charge in [-0.25, -0.2) is 9.97 Å². The van der Waals surface area contributed by atoms with E-state index in [1.54, 1.807) is 7.11 Å². The molecular weight excluding hydrogens is 170 g/mol. The predicted octanol–water partition coefficient (Wildman–Crippen LogP) is 0.131. The second kappa shape index (κ2) is 4.61. The highest BCUT2D eigenvalue weighted by atomic mass is 16.5. The Morgan fingerprint density at radius 1 is 1.38 bits per heavy atom. The van der Waals surface area contributed by atoms with Crippen LogP contribution in [0.3, 0.4) is 0 Å². The second-order valence-electron chi connectivity index (χ2n) is 2.45. The Bertz CT molecular complexity index is 278. The first-order valence-corrected chi connectivity index (χ1v) is 3.98. The molecule has 5 heteroatoms. The Labute approximate surface area is 76.9 Å². The van der Waals surface area contributed by atoms with Crippen LogP contribution in [0.25, 0.3) is 0 Å². The number of nitrogens with two attached hydrogens (primary N) is 1. The number of methoxy groups -OCH3 is 1. The summed E-state index contributed by atoms with van der Waals surface area (Å²) in [6, 6.07) is 0. The maximum Gasteiger partial charge on any atom is 0.223 e. The molecule has 0 aromatic carbocycles. The maximum atomic E-state index is 5.30. The van der Waals surface area contributed by atoms with E-state index in [1.165, 1.54) is 6.33 Å². The van der Waals surface area contributed by atoms with Gasteiger partial charge >= 0.3 is 0 Å². The van der Waals surface area contributed by atoms with Crippen molar-refractivity contribution in [2.24, 2.45) is 5.73 Å². The molecule has 1 aromatic heterocycles. The number of ether oxygens (including phenoxy) is 2. The van der Waals surface area contributed by atoms with E-state index in [2.05, 4.69) is 9.97 Å². The quantitative estimate of drug-likeness (QED) is 0.718. The molecule has 0 bridgehead atoms. The molecule has 0 radical (unpaired) electrons. The summed E-state index contributed by atoms with van der Waals surface area (Å²) in [4.78, 5) is 7.88. The molecule has 0 amide bonds. The van der Waals surface area contributed by atoms with Gasteiger partial charge in [0.15, 0.2) is 0 Å². The van der Waals surface area contributed by atoms with Crippen LogP contribution in [0, 0.1) is 6.92 Å². The molecule has 1 aromatic rings. The average molecular weight is 183 g/mol. The summed E-state index contributed by atoms with van der Waals surface area (Å²) in [5.41, 5.74) is 6.09. The molecule has 0 atom stereocenters. The van der Waals surface area contributed by atoms with Crippen molar-refractivity contribution in [3.8, 4) is 11.8 Å². The Kier molecular flexibility index (Phi) is 3.45. The summed E-state index contributed by atoms with van der Waals surface area (Å²) in [7, 11) is 1.56. The van der Waals surface area contributed by atoms with Crippen molar-refractivity contribution in [2.75, 3.05) is 20.3 Å². The van der Waals surface area contributed by atoms with Crippen LogP contribution in [0.1, 0.15) is 5.56 Å². The molecule has 5 nitrogen and oxygen atoms in total. The molecule has 2 N–H and O–H groups in total. The fraction of sp³-hybridized carbons (Fsp3) is 0.500. The lowest BCUT2D eigenvalue weighted by molar-refractivity contribution is 0.306. The van der Waals surface area contributed by atoms with Crippen LogP contribution in [-0.4, -0.2) is 30.2 Å². The molecule has 0 aliphatic heterocycles. The van der Waals surface area contributed by atoms with Crippen molar-refractivity contribution >= 4 is 0 Å². The molecule has 0 aliphatic rings. The van der Waals surface area contributed by atoms with Crippen LogP contribution in [0.4, 0.5) is 0 Å². The van der Waals surface area contributed by atoms with E-state index in [0.717, 1.165) is 5.56 Å². The van der Waals surface area contributed by atoms with Gasteiger partial charge in [-0.15, -0.1) is 0 Å². The first-order valence-electron chi connectivity index (χ1n) is 3.98. The summed E-state index contributed by atoms with van der Waals surface area (Å²) in [5, 5.41) is 0. The number of aromatic nitrogens is 2. The molecular formula is C8H13N3O2. The largest absolute Gasteiger partial charge is 0.481 e. The van der Waals surface area contributed by atoms with E-state index in [9.17, 15) is 0 Å². The lowest BCUT2D eigenvalue weighted by Gasteiger charge is -2.08. The van der Waals surface area contributed by atoms with Gasteiger partial charge in [0.05, 0.1) is 12.7 Å². The van der Waals surface area contributed by atoms with E-state index >= 15 is 0 Å². The molecule has 0 fully saturated rings. The van der Waals surface area contributed by atoms with Crippen molar-refractivity contribution < 1.29 is 9.47 Å². The fourth-order valence-corrected chi connectivity index (χ4v) is 0.926. The molecule has 0 saturated heterocycles. The zero-order valence-corrected chi connectivity index (χ0v) is 7.78. The summed E-state index contributed by atoms with van der Waals surface area (Å²) >= 11 is 0. The van der Waals surface area contributed by atoms with Gasteiger partial charge in [0.1, 0.15) is 12.9 Å². The van der Waals surface area contributed by atoms with Gasteiger partial charge < -0.3 is 15.2 Å². The minimum absolute atomic E-state index is 0.445. The van der Waals surface area contributed by atoms with Gasteiger partial charge in [-0.1, -0.05) is 0 Å². The van der Waals surface area contributed by atoms with E-state index in [4.69, 9.17) is 15.2 Å². The van der Waals surface area contributed by atoms with Crippen molar-refractivity contribution in [3.63, 3.8) is 0 Å². The minimum Gasteiger partial charge on any atom is -0.481 e. The molecule has 0 saturated carbocycles. The summed E-state index contributed by atoms with van der Waals surface area (Å²) < 4.78 is 10.3. The van der Waals surface area contributed by atoms with Gasteiger partial charge in [0.25, 0.3) is 0 Å². The monoisotopic (exact) mass is 183 g/mol. The number of nitrogens with zero attached hydrogens (tertiary/aromatic N) is 2. The van der Waals surface area contributed by atoms with Gasteiger partial charge in [0, 0.05) is 6.54 Å². The Balaban J connectivity index is 2.81. The van der Waals surface area contributed by atoms with E-state index < -0.39 is 0 Å². The smallest absolute Gasteiger partial charge is 0.223 e. The van der Waals surface area contributed by atoms with Crippen LogP contribution in [0.5, 0.6) is 11.8 Å². The topological polar surface area (TPSA) is 70.3 Å². The summed E-state index contributed by atoms with van der Waals surface area (Å²) in [6.45, 7) is 2.75. The van der Waals surface area contributed by atoms with Crippen molar-refractivity contribution in [1.82, 2.24) is 9.97 Å². The molecule has 0 spiro atoms. The van der Waals surface area contributed by atoms with E-state index in [-0.39, 0.29) is 0 Å². The first kappa shape index (κ1) is 9.73. The normalized spacial score (nSPS) is 9.77. The van der Waals surface area contributed by atoms with Crippen LogP contribution in [0.2, 0.25) is 0 Å². The Hall–Kier alpha value is -1.36. The van der Waals surface area contributed by atoms with Crippen LogP contribution >= 0.6 is 0 Å². The highest BCUT2D eigenvalue weighted by Gasteiger charge is 2.07. The summed E-state index contributed by atoms with van der Waals surface area (Å²) in [6.07, 6.45) is 1.40. The van der Waals surface area contributed by atoms with E-state index in [1.807, 2.05) is 6.92 Å². The first-order chi connectivity index (χ1) is 6.29. The third-order valence-electron chi connectivity index (χ3n) is 1.54. The zero-order chi connectivity index (χ0) is 9.68. The van der Waals surface area contributed by atoms with Gasteiger partial charge in [-0.3, -0.25) is 0 Å². The summed E-state index contributed by atoms with van der Waals surface area (Å²) in [5.74, 6) is 1.05. The Morgan fingerprint density at radius 2 is 2.08 bits per heavy atom. The predicted molar refractivity (Wildman–Crippen MR) is 47.9 cm³/mol. The number of hydrogen-bond acceptors (Lipinski definition) is 5. The van der Waals surface area contributed by atoms with Crippen LogP contribution in [-0.2, 0) is 0 Å². The maximum absolute atomic E-state index is 5.30. The van der Waals surface area contributed by atoms with Gasteiger partial charge in [-0.05, 0) is 6.92 Å². The van der Waals surface area contributed by atoms with Gasteiger partial charge in [0.2, 0.25) is 11.8 Å². The standard InChI is InChI=1S/C8H13N3O2/c1-6-7(12-2)10-5-11-8(6)13-4-3-9/h5H,3-4,9H2,1-2H3. The zero-order valence-electron chi connectivity index (χ0n) is 7.78. The number of rotatable bonds is 4. The minimum atomic E-state index is 0.445. The van der Waals surface area contributed by atoms with Crippen LogP contribution < -0.4 is 15.2 Å². The average Bonchev–Trinajstić information content (AvgIpc) is 2.16.